The zero-order valence-corrected chi connectivity index (χ0v) is 22.5. The van der Waals surface area contributed by atoms with Crippen LogP contribution in [-0.4, -0.2) is 53.0 Å². The number of non-ortho nitro benzene ring substituents is 1. The highest BCUT2D eigenvalue weighted by molar-refractivity contribution is 7.89. The maximum absolute atomic E-state index is 13.6. The quantitative estimate of drug-likeness (QED) is 0.237. The van der Waals surface area contributed by atoms with Gasteiger partial charge in [0.25, 0.3) is 5.69 Å². The minimum Gasteiger partial charge on any atom is -0.441 e. The first-order valence-corrected chi connectivity index (χ1v) is 13.8. The fourth-order valence-corrected chi connectivity index (χ4v) is 5.94. The van der Waals surface area contributed by atoms with Crippen molar-refractivity contribution in [2.75, 3.05) is 13.1 Å². The first-order valence-electron chi connectivity index (χ1n) is 12.3. The molecule has 0 aliphatic rings. The van der Waals surface area contributed by atoms with Crippen LogP contribution >= 0.6 is 0 Å². The molecule has 208 valence electrons. The first kappa shape index (κ1) is 29.7. The number of carbonyl (C=O) groups excluding carboxylic acids is 1. The van der Waals surface area contributed by atoms with Crippen molar-refractivity contribution in [3.63, 3.8) is 0 Å². The maximum Gasteiger partial charge on any atom is 0.405 e. The van der Waals surface area contributed by atoms with Gasteiger partial charge in [0.1, 0.15) is 6.10 Å². The molecule has 11 nitrogen and oxygen atoms in total. The number of primary amides is 1. The molecule has 2 aromatic carbocycles. The molecule has 3 aromatic rings. The molecule has 0 aliphatic carbocycles. The van der Waals surface area contributed by atoms with Gasteiger partial charge in [-0.3, -0.25) is 15.1 Å². The summed E-state index contributed by atoms with van der Waals surface area (Å²) in [5.41, 5.74) is 6.47. The number of nitro groups is 1. The Bertz CT molecular complexity index is 1340. The highest BCUT2D eigenvalue weighted by atomic mass is 32.2. The van der Waals surface area contributed by atoms with E-state index in [9.17, 15) is 28.4 Å². The van der Waals surface area contributed by atoms with Crippen LogP contribution in [0.25, 0.3) is 0 Å². The molecule has 0 bridgehead atoms. The molecule has 0 saturated heterocycles. The lowest BCUT2D eigenvalue weighted by Crippen LogP contribution is -2.44. The van der Waals surface area contributed by atoms with Gasteiger partial charge in [-0.25, -0.2) is 13.2 Å². The number of rotatable bonds is 13. The number of nitrogens with two attached hydrogens (primary N) is 1. The van der Waals surface area contributed by atoms with Gasteiger partial charge < -0.3 is 15.6 Å². The van der Waals surface area contributed by atoms with Crippen molar-refractivity contribution in [3.05, 3.63) is 100 Å². The van der Waals surface area contributed by atoms with Crippen molar-refractivity contribution >= 4 is 21.8 Å². The van der Waals surface area contributed by atoms with Crippen LogP contribution in [0, 0.1) is 22.0 Å². The van der Waals surface area contributed by atoms with Gasteiger partial charge in [-0.05, 0) is 36.1 Å². The average molecular weight is 557 g/mol. The molecule has 0 saturated carbocycles. The number of hydrogen-bond acceptors (Lipinski definition) is 8. The zero-order valence-electron chi connectivity index (χ0n) is 21.7. The molecule has 0 radical (unpaired) electrons. The monoisotopic (exact) mass is 556 g/mol. The van der Waals surface area contributed by atoms with E-state index in [4.69, 9.17) is 10.5 Å². The third kappa shape index (κ3) is 8.06. The Balaban J connectivity index is 2.01. The molecular weight excluding hydrogens is 524 g/mol. The summed E-state index contributed by atoms with van der Waals surface area (Å²) in [5, 5.41) is 22.6. The van der Waals surface area contributed by atoms with E-state index in [0.717, 1.165) is 22.0 Å². The SMILES string of the molecule is CC(C)CN(C[C@H](O)C(Cc1ccccc1)C(OC(N)=O)c1cccnc1)S(=O)(=O)c1ccc([N+](=O)[O-])cc1. The second kappa shape index (κ2) is 13.3. The number of amides is 1. The summed E-state index contributed by atoms with van der Waals surface area (Å²) in [7, 11) is -4.15. The number of benzene rings is 2. The summed E-state index contributed by atoms with van der Waals surface area (Å²) in [4.78, 5) is 26.3. The summed E-state index contributed by atoms with van der Waals surface area (Å²) in [6.45, 7) is 3.41. The van der Waals surface area contributed by atoms with Gasteiger partial charge in [0, 0.05) is 49.1 Å². The van der Waals surface area contributed by atoms with Gasteiger partial charge in [-0.2, -0.15) is 4.31 Å². The standard InChI is InChI=1S/C27H32N4O7S/c1-19(2)17-30(39(36,37)23-12-10-22(11-13-23)31(34)35)18-25(32)24(15-20-7-4-3-5-8-20)26(38-27(28)33)21-9-6-14-29-16-21/h3-14,16,19,24-26,32H,15,17-18H2,1-2H3,(H2,28,33)/t24?,25-,26?/m0/s1. The average Bonchev–Trinajstić information content (AvgIpc) is 2.91. The lowest BCUT2D eigenvalue weighted by molar-refractivity contribution is -0.384. The number of carbonyl (C=O) groups is 1. The molecule has 3 atom stereocenters. The molecule has 12 heteroatoms. The van der Waals surface area contributed by atoms with Crippen molar-refractivity contribution in [3.8, 4) is 0 Å². The second-order valence-electron chi connectivity index (χ2n) is 9.53. The van der Waals surface area contributed by atoms with Gasteiger partial charge >= 0.3 is 6.09 Å². The van der Waals surface area contributed by atoms with E-state index in [0.29, 0.717) is 5.56 Å². The van der Waals surface area contributed by atoms with Crippen molar-refractivity contribution < 1.29 is 28.0 Å². The number of aliphatic hydroxyl groups is 1. The largest absolute Gasteiger partial charge is 0.441 e. The molecule has 3 rings (SSSR count). The second-order valence-corrected chi connectivity index (χ2v) is 11.5. The summed E-state index contributed by atoms with van der Waals surface area (Å²) >= 11 is 0. The Morgan fingerprint density at radius 1 is 1.08 bits per heavy atom. The highest BCUT2D eigenvalue weighted by Crippen LogP contribution is 2.33. The molecule has 1 aromatic heterocycles. The predicted octanol–water partition coefficient (Wildman–Crippen LogP) is 3.69. The number of sulfonamides is 1. The molecule has 3 N–H and O–H groups in total. The van der Waals surface area contributed by atoms with Crippen LogP contribution in [-0.2, 0) is 21.2 Å². The Hall–Kier alpha value is -3.87. The fourth-order valence-electron chi connectivity index (χ4n) is 4.31. The van der Waals surface area contributed by atoms with E-state index < -0.39 is 39.2 Å². The number of nitro benzene ring substituents is 1. The number of pyridine rings is 1. The Kier molecular flexibility index (Phi) is 10.1. The first-order chi connectivity index (χ1) is 18.5. The van der Waals surface area contributed by atoms with Gasteiger partial charge in [0.15, 0.2) is 0 Å². The molecular formula is C27H32N4O7S. The third-order valence-electron chi connectivity index (χ3n) is 6.10. The van der Waals surface area contributed by atoms with E-state index in [-0.39, 0.29) is 36.0 Å². The van der Waals surface area contributed by atoms with Crippen molar-refractivity contribution in [2.24, 2.45) is 17.6 Å². The van der Waals surface area contributed by atoms with E-state index in [1.165, 1.54) is 18.3 Å². The van der Waals surface area contributed by atoms with Crippen molar-refractivity contribution in [1.29, 1.82) is 0 Å². The van der Waals surface area contributed by atoms with Gasteiger partial charge in [-0.15, -0.1) is 0 Å². The molecule has 2 unspecified atom stereocenters. The van der Waals surface area contributed by atoms with Crippen LogP contribution < -0.4 is 5.73 Å². The minimum atomic E-state index is -4.15. The highest BCUT2D eigenvalue weighted by Gasteiger charge is 2.36. The van der Waals surface area contributed by atoms with E-state index in [1.807, 2.05) is 44.2 Å². The van der Waals surface area contributed by atoms with Gasteiger partial charge in [-0.1, -0.05) is 50.2 Å². The molecule has 1 amide bonds. The predicted molar refractivity (Wildman–Crippen MR) is 144 cm³/mol. The van der Waals surface area contributed by atoms with Crippen LogP contribution in [0.5, 0.6) is 0 Å². The van der Waals surface area contributed by atoms with Crippen molar-refractivity contribution in [1.82, 2.24) is 9.29 Å². The molecule has 1 heterocycles. The molecule has 0 aliphatic heterocycles. The Labute approximate surface area is 227 Å². The van der Waals surface area contributed by atoms with Crippen LogP contribution in [0.3, 0.4) is 0 Å². The summed E-state index contributed by atoms with van der Waals surface area (Å²) < 4.78 is 33.8. The number of hydrogen-bond donors (Lipinski definition) is 2. The van der Waals surface area contributed by atoms with Crippen molar-refractivity contribution in [2.45, 2.75) is 37.4 Å². The summed E-state index contributed by atoms with van der Waals surface area (Å²) in [6, 6.07) is 17.1. The summed E-state index contributed by atoms with van der Waals surface area (Å²) in [6.07, 6.45) is -0.0867. The lowest BCUT2D eigenvalue weighted by atomic mass is 9.85. The maximum atomic E-state index is 13.6. The molecule has 39 heavy (non-hydrogen) atoms. The molecule has 0 spiro atoms. The Morgan fingerprint density at radius 2 is 1.74 bits per heavy atom. The van der Waals surface area contributed by atoms with Crippen LogP contribution in [0.1, 0.15) is 31.1 Å². The smallest absolute Gasteiger partial charge is 0.405 e. The number of aromatic nitrogens is 1. The Morgan fingerprint density at radius 3 is 2.28 bits per heavy atom. The topological polar surface area (TPSA) is 166 Å². The number of nitrogens with zero attached hydrogens (tertiary/aromatic N) is 3. The zero-order chi connectivity index (χ0) is 28.6. The third-order valence-corrected chi connectivity index (χ3v) is 7.94. The van der Waals surface area contributed by atoms with E-state index >= 15 is 0 Å². The number of ether oxygens (including phenoxy) is 1. The van der Waals surface area contributed by atoms with E-state index in [1.54, 1.807) is 18.3 Å². The lowest BCUT2D eigenvalue weighted by Gasteiger charge is -2.34. The minimum absolute atomic E-state index is 0.0721. The normalized spacial score (nSPS) is 14.1. The molecule has 0 fully saturated rings. The van der Waals surface area contributed by atoms with E-state index in [2.05, 4.69) is 4.98 Å². The summed E-state index contributed by atoms with van der Waals surface area (Å²) in [5.74, 6) is -0.903. The fraction of sp³-hybridized carbons (Fsp3) is 0.333. The van der Waals surface area contributed by atoms with Gasteiger partial charge in [0.05, 0.1) is 15.9 Å². The van der Waals surface area contributed by atoms with Crippen LogP contribution in [0.15, 0.2) is 84.0 Å². The number of aliphatic hydroxyl groups excluding tert-OH is 1. The van der Waals surface area contributed by atoms with Gasteiger partial charge in [0.2, 0.25) is 10.0 Å². The van der Waals surface area contributed by atoms with Crippen LogP contribution in [0.4, 0.5) is 10.5 Å². The van der Waals surface area contributed by atoms with Crippen LogP contribution in [0.2, 0.25) is 0 Å².